The summed E-state index contributed by atoms with van der Waals surface area (Å²) in [6.07, 6.45) is 12.8. The molecule has 184 valence electrons. The number of fused-ring (bicyclic) bond motifs is 2. The molecule has 0 atom stereocenters. The third-order valence-corrected chi connectivity index (χ3v) is 8.50. The molecule has 0 unspecified atom stereocenters. The predicted molar refractivity (Wildman–Crippen MR) is 147 cm³/mol. The third kappa shape index (κ3) is 3.80. The lowest BCUT2D eigenvalue weighted by Crippen LogP contribution is -2.21. The van der Waals surface area contributed by atoms with E-state index in [-0.39, 0.29) is 6.10 Å². The van der Waals surface area contributed by atoms with E-state index in [4.69, 9.17) is 10.2 Å². The van der Waals surface area contributed by atoms with Gasteiger partial charge in [0.05, 0.1) is 23.0 Å². The average Bonchev–Trinajstić information content (AvgIpc) is 3.67. The normalized spacial score (nSPS) is 18.1. The van der Waals surface area contributed by atoms with Gasteiger partial charge in [0.15, 0.2) is 11.4 Å². The van der Waals surface area contributed by atoms with Crippen LogP contribution in [0.1, 0.15) is 31.7 Å². The standard InChI is InChI=1S/C29H25N5O2S/c30-29-27-22(23(14-32-29)18-13-33-34(16-18)19-6-8-20(35)9-7-19)12-24(36-27)26-21-10-11-31-15-25(21)37-28(26)17-4-2-1-3-5-17/h1-5,10-16,19-20,35H,6-9H2,(H2,30,32)/t19-,20-. The molecule has 3 N–H and O–H groups in total. The zero-order valence-electron chi connectivity index (χ0n) is 20.0. The Balaban J connectivity index is 1.37. The number of hydrogen-bond acceptors (Lipinski definition) is 7. The lowest BCUT2D eigenvalue weighted by Gasteiger charge is -2.25. The van der Waals surface area contributed by atoms with Crippen LogP contribution in [-0.2, 0) is 0 Å². The summed E-state index contributed by atoms with van der Waals surface area (Å²) >= 11 is 1.71. The van der Waals surface area contributed by atoms with Gasteiger partial charge in [-0.1, -0.05) is 30.3 Å². The molecule has 6 aromatic rings. The lowest BCUT2D eigenvalue weighted by molar-refractivity contribution is 0.108. The zero-order valence-corrected chi connectivity index (χ0v) is 20.9. The first kappa shape index (κ1) is 22.2. The Morgan fingerprint density at radius 2 is 1.81 bits per heavy atom. The summed E-state index contributed by atoms with van der Waals surface area (Å²) in [5, 5.41) is 16.5. The van der Waals surface area contributed by atoms with Crippen LogP contribution in [0.3, 0.4) is 0 Å². The number of aliphatic hydroxyl groups is 1. The minimum Gasteiger partial charge on any atom is -0.452 e. The monoisotopic (exact) mass is 507 g/mol. The quantitative estimate of drug-likeness (QED) is 0.275. The minimum absolute atomic E-state index is 0.193. The van der Waals surface area contributed by atoms with Gasteiger partial charge in [-0.2, -0.15) is 5.10 Å². The molecule has 0 aliphatic heterocycles. The van der Waals surface area contributed by atoms with E-state index in [2.05, 4.69) is 39.5 Å². The smallest absolute Gasteiger partial charge is 0.177 e. The van der Waals surface area contributed by atoms with E-state index < -0.39 is 0 Å². The number of thiophene rings is 1. The van der Waals surface area contributed by atoms with Gasteiger partial charge < -0.3 is 15.3 Å². The molecule has 1 saturated carbocycles. The summed E-state index contributed by atoms with van der Waals surface area (Å²) in [5.41, 5.74) is 11.0. The van der Waals surface area contributed by atoms with E-state index >= 15 is 0 Å². The number of aromatic nitrogens is 4. The van der Waals surface area contributed by atoms with Crippen LogP contribution >= 0.6 is 11.3 Å². The number of nitrogens with two attached hydrogens (primary N) is 1. The Bertz CT molecular complexity index is 1730. The van der Waals surface area contributed by atoms with E-state index in [1.165, 1.54) is 0 Å². The number of benzene rings is 1. The first-order valence-corrected chi connectivity index (χ1v) is 13.3. The number of aliphatic hydroxyl groups excluding tert-OH is 1. The molecule has 0 radical (unpaired) electrons. The van der Waals surface area contributed by atoms with E-state index in [0.29, 0.717) is 17.4 Å². The molecular formula is C29H25N5O2S. The largest absolute Gasteiger partial charge is 0.452 e. The van der Waals surface area contributed by atoms with Crippen molar-refractivity contribution in [3.8, 4) is 32.9 Å². The Morgan fingerprint density at radius 3 is 2.65 bits per heavy atom. The summed E-state index contributed by atoms with van der Waals surface area (Å²) in [4.78, 5) is 9.92. The molecule has 8 heteroatoms. The second-order valence-corrected chi connectivity index (χ2v) is 10.7. The van der Waals surface area contributed by atoms with Crippen molar-refractivity contribution < 1.29 is 9.52 Å². The molecule has 0 spiro atoms. The highest BCUT2D eigenvalue weighted by Crippen LogP contribution is 2.47. The van der Waals surface area contributed by atoms with Crippen molar-refractivity contribution in [2.24, 2.45) is 0 Å². The first-order chi connectivity index (χ1) is 18.2. The second-order valence-electron chi connectivity index (χ2n) is 9.63. The van der Waals surface area contributed by atoms with Gasteiger partial charge in [-0.3, -0.25) is 9.67 Å². The van der Waals surface area contributed by atoms with Crippen LogP contribution in [0.4, 0.5) is 5.82 Å². The van der Waals surface area contributed by atoms with Crippen LogP contribution in [0.25, 0.3) is 53.9 Å². The van der Waals surface area contributed by atoms with Gasteiger partial charge in [0.25, 0.3) is 0 Å². The molecule has 0 amide bonds. The Kier molecular flexibility index (Phi) is 5.30. The van der Waals surface area contributed by atoms with Crippen molar-refractivity contribution in [1.29, 1.82) is 0 Å². The number of nitrogens with zero attached hydrogens (tertiary/aromatic N) is 4. The molecule has 7 nitrogen and oxygen atoms in total. The lowest BCUT2D eigenvalue weighted by atomic mass is 9.93. The van der Waals surface area contributed by atoms with Gasteiger partial charge in [-0.15, -0.1) is 11.3 Å². The van der Waals surface area contributed by atoms with Crippen LogP contribution in [-0.4, -0.2) is 31.0 Å². The van der Waals surface area contributed by atoms with Crippen LogP contribution < -0.4 is 5.73 Å². The molecule has 0 bridgehead atoms. The van der Waals surface area contributed by atoms with Gasteiger partial charge in [-0.25, -0.2) is 4.98 Å². The number of furan rings is 1. The van der Waals surface area contributed by atoms with Crippen LogP contribution in [0.15, 0.2) is 77.9 Å². The maximum atomic E-state index is 9.88. The molecule has 37 heavy (non-hydrogen) atoms. The SMILES string of the molecule is Nc1ncc(-c2cnn([C@H]3CC[C@H](O)CC3)c2)c2cc(-c3c(-c4ccccc4)sc4cnccc34)oc12. The van der Waals surface area contributed by atoms with Crippen LogP contribution in [0.5, 0.6) is 0 Å². The fourth-order valence-electron chi connectivity index (χ4n) is 5.38. The number of nitrogen functional groups attached to an aromatic ring is 1. The minimum atomic E-state index is -0.193. The van der Waals surface area contributed by atoms with E-state index in [9.17, 15) is 5.11 Å². The highest BCUT2D eigenvalue weighted by Gasteiger charge is 2.24. The molecule has 5 heterocycles. The van der Waals surface area contributed by atoms with Gasteiger partial charge in [0.2, 0.25) is 0 Å². The second kappa shape index (κ2) is 8.83. The maximum absolute atomic E-state index is 9.88. The summed E-state index contributed by atoms with van der Waals surface area (Å²) in [7, 11) is 0. The summed E-state index contributed by atoms with van der Waals surface area (Å²) < 4.78 is 9.58. The fourth-order valence-corrected chi connectivity index (χ4v) is 6.57. The van der Waals surface area contributed by atoms with E-state index in [1.54, 1.807) is 17.5 Å². The molecule has 5 aromatic heterocycles. The first-order valence-electron chi connectivity index (χ1n) is 12.5. The van der Waals surface area contributed by atoms with Gasteiger partial charge in [0, 0.05) is 57.1 Å². The average molecular weight is 508 g/mol. The Hall–Kier alpha value is -4.01. The van der Waals surface area contributed by atoms with Crippen molar-refractivity contribution >= 4 is 38.2 Å². The Morgan fingerprint density at radius 1 is 0.973 bits per heavy atom. The number of pyridine rings is 2. The third-order valence-electron chi connectivity index (χ3n) is 7.32. The fraction of sp³-hybridized carbons (Fsp3) is 0.207. The van der Waals surface area contributed by atoms with Crippen molar-refractivity contribution in [3.63, 3.8) is 0 Å². The molecular weight excluding hydrogens is 482 g/mol. The summed E-state index contributed by atoms with van der Waals surface area (Å²) in [6.45, 7) is 0. The predicted octanol–water partition coefficient (Wildman–Crippen LogP) is 6.69. The van der Waals surface area contributed by atoms with Gasteiger partial charge in [0.1, 0.15) is 5.76 Å². The highest BCUT2D eigenvalue weighted by molar-refractivity contribution is 7.23. The summed E-state index contributed by atoms with van der Waals surface area (Å²) in [5.74, 6) is 1.11. The van der Waals surface area contributed by atoms with Crippen LogP contribution in [0, 0.1) is 0 Å². The molecule has 7 rings (SSSR count). The zero-order chi connectivity index (χ0) is 24.9. The topological polar surface area (TPSA) is 103 Å². The van der Waals surface area contributed by atoms with E-state index in [1.807, 2.05) is 47.5 Å². The number of anilines is 1. The number of hydrogen-bond donors (Lipinski definition) is 2. The van der Waals surface area contributed by atoms with Gasteiger partial charge in [-0.05, 0) is 43.4 Å². The molecule has 1 aromatic carbocycles. The molecule has 0 saturated heterocycles. The van der Waals surface area contributed by atoms with Crippen LogP contribution in [0.2, 0.25) is 0 Å². The van der Waals surface area contributed by atoms with Crippen molar-refractivity contribution in [1.82, 2.24) is 19.7 Å². The Labute approximate surface area is 217 Å². The van der Waals surface area contributed by atoms with Crippen molar-refractivity contribution in [2.45, 2.75) is 37.8 Å². The number of rotatable bonds is 4. The van der Waals surface area contributed by atoms with Gasteiger partial charge >= 0.3 is 0 Å². The summed E-state index contributed by atoms with van der Waals surface area (Å²) in [6, 6.07) is 14.8. The molecule has 1 aliphatic carbocycles. The maximum Gasteiger partial charge on any atom is 0.177 e. The highest BCUT2D eigenvalue weighted by atomic mass is 32.1. The van der Waals surface area contributed by atoms with Crippen molar-refractivity contribution in [3.05, 3.63) is 73.4 Å². The van der Waals surface area contributed by atoms with E-state index in [0.717, 1.165) is 74.0 Å². The molecule has 1 aliphatic rings. The van der Waals surface area contributed by atoms with Crippen molar-refractivity contribution in [2.75, 3.05) is 5.73 Å². The molecule has 1 fully saturated rings.